The highest BCUT2D eigenvalue weighted by Crippen LogP contribution is 2.31. The van der Waals surface area contributed by atoms with Crippen LogP contribution in [0.15, 0.2) is 42.5 Å². The number of carbonyl (C=O) groups is 1. The van der Waals surface area contributed by atoms with Crippen LogP contribution in [-0.4, -0.2) is 17.4 Å². The number of thiazole rings is 1. The lowest BCUT2D eigenvalue weighted by Crippen LogP contribution is -2.23. The first-order valence-electron chi connectivity index (χ1n) is 7.22. The molecule has 3 aromatic rings. The summed E-state index contributed by atoms with van der Waals surface area (Å²) in [5.41, 5.74) is 9.11. The maximum absolute atomic E-state index is 12.0. The summed E-state index contributed by atoms with van der Waals surface area (Å²) < 4.78 is 1.00. The van der Waals surface area contributed by atoms with Crippen molar-refractivity contribution in [1.29, 1.82) is 0 Å². The highest BCUT2D eigenvalue weighted by molar-refractivity contribution is 7.21. The molecule has 0 fully saturated rings. The molecule has 0 spiro atoms. The standard InChI is InChI=1S/C17H17N3OS/c1-2-8-19-16(21)11-6-7-14-15(10-11)22-17(20-14)12-4-3-5-13(18)9-12/h3-7,9-10H,2,8,18H2,1H3,(H,19,21). The predicted molar refractivity (Wildman–Crippen MR) is 92.1 cm³/mol. The fraction of sp³-hybridized carbons (Fsp3) is 0.176. The number of amides is 1. The zero-order valence-corrected chi connectivity index (χ0v) is 13.1. The SMILES string of the molecule is CCCNC(=O)c1ccc2nc(-c3cccc(N)c3)sc2c1. The second-order valence-electron chi connectivity index (χ2n) is 5.08. The third-order valence-corrected chi connectivity index (χ3v) is 4.39. The Morgan fingerprint density at radius 3 is 2.91 bits per heavy atom. The number of nitrogens with zero attached hydrogens (tertiary/aromatic N) is 1. The van der Waals surface area contributed by atoms with Crippen LogP contribution >= 0.6 is 11.3 Å². The second-order valence-corrected chi connectivity index (χ2v) is 6.11. The lowest BCUT2D eigenvalue weighted by molar-refractivity contribution is 0.0954. The molecule has 0 atom stereocenters. The molecule has 0 aliphatic carbocycles. The Balaban J connectivity index is 1.95. The fourth-order valence-electron chi connectivity index (χ4n) is 2.20. The lowest BCUT2D eigenvalue weighted by Gasteiger charge is -2.02. The minimum absolute atomic E-state index is 0.0392. The zero-order chi connectivity index (χ0) is 15.5. The quantitative estimate of drug-likeness (QED) is 0.722. The number of hydrogen-bond acceptors (Lipinski definition) is 4. The molecule has 3 rings (SSSR count). The average Bonchev–Trinajstić information content (AvgIpc) is 2.95. The van der Waals surface area contributed by atoms with Crippen molar-refractivity contribution in [1.82, 2.24) is 10.3 Å². The Bertz CT molecular complexity index is 826. The highest BCUT2D eigenvalue weighted by Gasteiger charge is 2.10. The second kappa shape index (κ2) is 6.15. The number of nitrogens with one attached hydrogen (secondary N) is 1. The van der Waals surface area contributed by atoms with E-state index in [-0.39, 0.29) is 5.91 Å². The number of nitrogen functional groups attached to an aromatic ring is 1. The van der Waals surface area contributed by atoms with Crippen LogP contribution in [0.3, 0.4) is 0 Å². The van der Waals surface area contributed by atoms with Gasteiger partial charge in [-0.3, -0.25) is 4.79 Å². The topological polar surface area (TPSA) is 68.0 Å². The zero-order valence-electron chi connectivity index (χ0n) is 12.3. The predicted octanol–water partition coefficient (Wildman–Crippen LogP) is 3.69. The van der Waals surface area contributed by atoms with Crippen LogP contribution in [-0.2, 0) is 0 Å². The van der Waals surface area contributed by atoms with Gasteiger partial charge in [-0.25, -0.2) is 4.98 Å². The minimum atomic E-state index is -0.0392. The summed E-state index contributed by atoms with van der Waals surface area (Å²) in [6.45, 7) is 2.72. The van der Waals surface area contributed by atoms with Crippen molar-refractivity contribution in [2.24, 2.45) is 0 Å². The Morgan fingerprint density at radius 2 is 2.14 bits per heavy atom. The summed E-state index contributed by atoms with van der Waals surface area (Å²) in [7, 11) is 0. The Labute approximate surface area is 133 Å². The van der Waals surface area contributed by atoms with E-state index in [0.717, 1.165) is 32.9 Å². The van der Waals surface area contributed by atoms with Crippen LogP contribution < -0.4 is 11.1 Å². The van der Waals surface area contributed by atoms with Gasteiger partial charge in [0.1, 0.15) is 5.01 Å². The van der Waals surface area contributed by atoms with Gasteiger partial charge in [-0.15, -0.1) is 11.3 Å². The molecule has 1 aromatic heterocycles. The first-order chi connectivity index (χ1) is 10.7. The smallest absolute Gasteiger partial charge is 0.251 e. The maximum atomic E-state index is 12.0. The first kappa shape index (κ1) is 14.5. The molecular weight excluding hydrogens is 294 g/mol. The number of rotatable bonds is 4. The summed E-state index contributed by atoms with van der Waals surface area (Å²) in [5, 5.41) is 3.80. The van der Waals surface area contributed by atoms with E-state index < -0.39 is 0 Å². The van der Waals surface area contributed by atoms with Gasteiger partial charge in [-0.2, -0.15) is 0 Å². The fourth-order valence-corrected chi connectivity index (χ4v) is 3.20. The molecule has 1 heterocycles. The van der Waals surface area contributed by atoms with E-state index in [0.29, 0.717) is 12.1 Å². The Kier molecular flexibility index (Phi) is 4.06. The molecule has 0 radical (unpaired) electrons. The molecule has 0 aliphatic heterocycles. The molecule has 0 unspecified atom stereocenters. The van der Waals surface area contributed by atoms with Crippen LogP contribution in [0.4, 0.5) is 5.69 Å². The van der Waals surface area contributed by atoms with Crippen molar-refractivity contribution in [2.75, 3.05) is 12.3 Å². The molecule has 0 bridgehead atoms. The highest BCUT2D eigenvalue weighted by atomic mass is 32.1. The number of nitrogens with two attached hydrogens (primary N) is 1. The van der Waals surface area contributed by atoms with E-state index in [9.17, 15) is 4.79 Å². The Morgan fingerprint density at radius 1 is 1.27 bits per heavy atom. The first-order valence-corrected chi connectivity index (χ1v) is 8.03. The van der Waals surface area contributed by atoms with Crippen molar-refractivity contribution in [3.8, 4) is 10.6 Å². The molecule has 0 saturated heterocycles. The van der Waals surface area contributed by atoms with Gasteiger partial charge in [-0.1, -0.05) is 19.1 Å². The van der Waals surface area contributed by atoms with Gasteiger partial charge in [0.2, 0.25) is 0 Å². The molecule has 2 aromatic carbocycles. The third kappa shape index (κ3) is 2.94. The van der Waals surface area contributed by atoms with Crippen LogP contribution in [0.1, 0.15) is 23.7 Å². The summed E-state index contributed by atoms with van der Waals surface area (Å²) >= 11 is 1.57. The van der Waals surface area contributed by atoms with Gasteiger partial charge >= 0.3 is 0 Å². The van der Waals surface area contributed by atoms with Gasteiger partial charge in [-0.05, 0) is 36.8 Å². The van der Waals surface area contributed by atoms with Gasteiger partial charge in [0, 0.05) is 23.4 Å². The van der Waals surface area contributed by atoms with Crippen LogP contribution in [0.25, 0.3) is 20.8 Å². The molecule has 5 heteroatoms. The molecule has 0 aliphatic rings. The number of anilines is 1. The lowest BCUT2D eigenvalue weighted by atomic mass is 10.2. The molecule has 0 saturated carbocycles. The van der Waals surface area contributed by atoms with E-state index in [1.165, 1.54) is 0 Å². The average molecular weight is 311 g/mol. The monoisotopic (exact) mass is 311 g/mol. The maximum Gasteiger partial charge on any atom is 0.251 e. The van der Waals surface area contributed by atoms with Crippen molar-refractivity contribution >= 4 is 33.1 Å². The minimum Gasteiger partial charge on any atom is -0.399 e. The number of hydrogen-bond donors (Lipinski definition) is 2. The van der Waals surface area contributed by atoms with Crippen molar-refractivity contribution in [3.63, 3.8) is 0 Å². The van der Waals surface area contributed by atoms with E-state index >= 15 is 0 Å². The molecular formula is C17H17N3OS. The van der Waals surface area contributed by atoms with Gasteiger partial charge in [0.05, 0.1) is 10.2 Å². The number of carbonyl (C=O) groups excluding carboxylic acids is 1. The van der Waals surface area contributed by atoms with E-state index in [4.69, 9.17) is 5.73 Å². The normalized spacial score (nSPS) is 10.8. The summed E-state index contributed by atoms with van der Waals surface area (Å²) in [5.74, 6) is -0.0392. The molecule has 4 nitrogen and oxygen atoms in total. The molecule has 3 N–H and O–H groups in total. The van der Waals surface area contributed by atoms with E-state index in [1.54, 1.807) is 11.3 Å². The molecule has 22 heavy (non-hydrogen) atoms. The third-order valence-electron chi connectivity index (χ3n) is 3.32. The molecule has 1 amide bonds. The summed E-state index contributed by atoms with van der Waals surface area (Å²) in [6.07, 6.45) is 0.925. The largest absolute Gasteiger partial charge is 0.399 e. The number of aromatic nitrogens is 1. The van der Waals surface area contributed by atoms with Crippen LogP contribution in [0.5, 0.6) is 0 Å². The summed E-state index contributed by atoms with van der Waals surface area (Å²) in [6, 6.07) is 13.3. The van der Waals surface area contributed by atoms with Gasteiger partial charge in [0.25, 0.3) is 5.91 Å². The van der Waals surface area contributed by atoms with Gasteiger partial charge < -0.3 is 11.1 Å². The van der Waals surface area contributed by atoms with Crippen molar-refractivity contribution < 1.29 is 4.79 Å². The van der Waals surface area contributed by atoms with Gasteiger partial charge in [0.15, 0.2) is 0 Å². The molecule has 112 valence electrons. The van der Waals surface area contributed by atoms with E-state index in [1.807, 2.05) is 49.4 Å². The number of benzene rings is 2. The Hall–Kier alpha value is -2.40. The van der Waals surface area contributed by atoms with Crippen LogP contribution in [0.2, 0.25) is 0 Å². The number of fused-ring (bicyclic) bond motifs is 1. The van der Waals surface area contributed by atoms with E-state index in [2.05, 4.69) is 10.3 Å². The van der Waals surface area contributed by atoms with Crippen molar-refractivity contribution in [3.05, 3.63) is 48.0 Å². The van der Waals surface area contributed by atoms with Crippen molar-refractivity contribution in [2.45, 2.75) is 13.3 Å². The summed E-state index contributed by atoms with van der Waals surface area (Å²) in [4.78, 5) is 16.6. The van der Waals surface area contributed by atoms with Crippen LogP contribution in [0, 0.1) is 0 Å².